The molecule has 0 bridgehead atoms. The third-order valence-corrected chi connectivity index (χ3v) is 5.95. The lowest BCUT2D eigenvalue weighted by Gasteiger charge is -2.17. The van der Waals surface area contributed by atoms with Gasteiger partial charge in [-0.1, -0.05) is 38.1 Å². The number of aromatic amines is 1. The number of thiophene rings is 1. The molecule has 0 saturated carbocycles. The first-order chi connectivity index (χ1) is 13.1. The first-order valence-electron chi connectivity index (χ1n) is 9.22. The number of rotatable bonds is 5. The van der Waals surface area contributed by atoms with Crippen LogP contribution in [0, 0.1) is 0 Å². The molecule has 0 aliphatic heterocycles. The molecule has 0 radical (unpaired) electrons. The Bertz CT molecular complexity index is 1160. The topological polar surface area (TPSA) is 65.1 Å². The van der Waals surface area contributed by atoms with E-state index in [0.717, 1.165) is 40.4 Å². The molecule has 0 aliphatic carbocycles. The Hall–Kier alpha value is -2.63. The molecule has 1 unspecified atom stereocenters. The zero-order chi connectivity index (χ0) is 19.0. The van der Waals surface area contributed by atoms with E-state index in [0.29, 0.717) is 10.7 Å². The SMILES string of the molecule is CCNC(CC)c1ccc(-c2c(O)ccc3[nH]c(=O)c4sccc4c23)cc1. The summed E-state index contributed by atoms with van der Waals surface area (Å²) in [6.45, 7) is 5.20. The summed E-state index contributed by atoms with van der Waals surface area (Å²) in [6.07, 6.45) is 1.02. The van der Waals surface area contributed by atoms with Gasteiger partial charge in [-0.05, 0) is 47.7 Å². The Balaban J connectivity index is 1.92. The predicted octanol–water partition coefficient (Wildman–Crippen LogP) is 5.18. The number of H-pyrrole nitrogens is 1. The van der Waals surface area contributed by atoms with Gasteiger partial charge in [0.1, 0.15) is 10.4 Å². The van der Waals surface area contributed by atoms with E-state index in [4.69, 9.17) is 0 Å². The molecule has 0 amide bonds. The molecule has 0 aliphatic rings. The molecule has 4 nitrogen and oxygen atoms in total. The standard InChI is InChI=1S/C22H22N2O2S/c1-3-16(23-4-2)13-5-7-14(8-6-13)19-18(25)10-9-17-20(19)15-11-12-27-21(15)22(26)24-17/h5-12,16,23,25H,3-4H2,1-2H3,(H,24,26). The van der Waals surface area contributed by atoms with Crippen molar-refractivity contribution < 1.29 is 5.11 Å². The van der Waals surface area contributed by atoms with Crippen molar-refractivity contribution in [1.29, 1.82) is 0 Å². The van der Waals surface area contributed by atoms with E-state index in [1.54, 1.807) is 12.1 Å². The minimum Gasteiger partial charge on any atom is -0.507 e. The summed E-state index contributed by atoms with van der Waals surface area (Å²) in [5.74, 6) is 0.216. The van der Waals surface area contributed by atoms with Gasteiger partial charge >= 0.3 is 0 Å². The Morgan fingerprint density at radius 2 is 1.89 bits per heavy atom. The summed E-state index contributed by atoms with van der Waals surface area (Å²) in [4.78, 5) is 15.2. The van der Waals surface area contributed by atoms with Gasteiger partial charge in [0.25, 0.3) is 5.56 Å². The molecule has 138 valence electrons. The maximum absolute atomic E-state index is 12.3. The fourth-order valence-corrected chi connectivity index (χ4v) is 4.55. The van der Waals surface area contributed by atoms with Gasteiger partial charge < -0.3 is 15.4 Å². The average Bonchev–Trinajstić information content (AvgIpc) is 3.18. The lowest BCUT2D eigenvalue weighted by molar-refractivity contribution is 0.478. The van der Waals surface area contributed by atoms with Gasteiger partial charge in [-0.15, -0.1) is 11.3 Å². The van der Waals surface area contributed by atoms with Crippen LogP contribution >= 0.6 is 11.3 Å². The van der Waals surface area contributed by atoms with Crippen LogP contribution in [0.25, 0.3) is 32.1 Å². The fourth-order valence-electron chi connectivity index (χ4n) is 3.76. The number of nitrogens with one attached hydrogen (secondary N) is 2. The number of benzene rings is 2. The zero-order valence-electron chi connectivity index (χ0n) is 15.4. The number of hydrogen-bond acceptors (Lipinski definition) is 4. The summed E-state index contributed by atoms with van der Waals surface area (Å²) in [7, 11) is 0. The number of phenolic OH excluding ortho intramolecular Hbond substituents is 1. The summed E-state index contributed by atoms with van der Waals surface area (Å²) in [5, 5.41) is 17.8. The number of fused-ring (bicyclic) bond motifs is 3. The minimum absolute atomic E-state index is 0.0871. The van der Waals surface area contributed by atoms with Crippen molar-refractivity contribution in [2.24, 2.45) is 0 Å². The number of aromatic hydroxyl groups is 1. The van der Waals surface area contributed by atoms with Crippen molar-refractivity contribution in [3.63, 3.8) is 0 Å². The van der Waals surface area contributed by atoms with Gasteiger partial charge in [0, 0.05) is 27.9 Å². The molecule has 0 saturated heterocycles. The number of phenols is 1. The van der Waals surface area contributed by atoms with Crippen LogP contribution < -0.4 is 10.9 Å². The van der Waals surface area contributed by atoms with Crippen molar-refractivity contribution in [3.8, 4) is 16.9 Å². The first-order valence-corrected chi connectivity index (χ1v) is 10.1. The van der Waals surface area contributed by atoms with E-state index in [-0.39, 0.29) is 11.3 Å². The van der Waals surface area contributed by atoms with Crippen LogP contribution in [0.3, 0.4) is 0 Å². The molecule has 4 aromatic rings. The fraction of sp³-hybridized carbons (Fsp3) is 0.227. The maximum atomic E-state index is 12.3. The molecular formula is C22H22N2O2S. The summed E-state index contributed by atoms with van der Waals surface area (Å²) >= 11 is 1.42. The van der Waals surface area contributed by atoms with Crippen LogP contribution in [0.4, 0.5) is 0 Å². The van der Waals surface area contributed by atoms with Crippen molar-refractivity contribution in [1.82, 2.24) is 10.3 Å². The van der Waals surface area contributed by atoms with E-state index < -0.39 is 0 Å². The summed E-state index contributed by atoms with van der Waals surface area (Å²) in [6, 6.07) is 14.0. The average molecular weight is 378 g/mol. The van der Waals surface area contributed by atoms with Crippen molar-refractivity contribution in [2.45, 2.75) is 26.3 Å². The number of hydrogen-bond donors (Lipinski definition) is 3. The molecule has 1 atom stereocenters. The molecule has 3 N–H and O–H groups in total. The second kappa shape index (κ2) is 7.18. The van der Waals surface area contributed by atoms with Crippen LogP contribution in [0.1, 0.15) is 31.9 Å². The summed E-state index contributed by atoms with van der Waals surface area (Å²) < 4.78 is 0.684. The molecule has 2 aromatic carbocycles. The first kappa shape index (κ1) is 17.8. The third-order valence-electron chi connectivity index (χ3n) is 5.03. The van der Waals surface area contributed by atoms with Gasteiger partial charge in [0.05, 0.1) is 0 Å². The van der Waals surface area contributed by atoms with E-state index in [9.17, 15) is 9.90 Å². The van der Waals surface area contributed by atoms with E-state index in [1.165, 1.54) is 16.9 Å². The molecular weight excluding hydrogens is 356 g/mol. The molecule has 4 rings (SSSR count). The Kier molecular flexibility index (Phi) is 4.72. The predicted molar refractivity (Wildman–Crippen MR) is 114 cm³/mol. The highest BCUT2D eigenvalue weighted by molar-refractivity contribution is 7.17. The van der Waals surface area contributed by atoms with Gasteiger partial charge in [0.15, 0.2) is 0 Å². The highest BCUT2D eigenvalue weighted by atomic mass is 32.1. The maximum Gasteiger partial charge on any atom is 0.266 e. The smallest absolute Gasteiger partial charge is 0.266 e. The molecule has 0 fully saturated rings. The van der Waals surface area contributed by atoms with Crippen molar-refractivity contribution >= 4 is 32.3 Å². The molecule has 2 aromatic heterocycles. The Morgan fingerprint density at radius 1 is 1.11 bits per heavy atom. The molecule has 0 spiro atoms. The monoisotopic (exact) mass is 378 g/mol. The van der Waals surface area contributed by atoms with Crippen LogP contribution in [-0.4, -0.2) is 16.6 Å². The zero-order valence-corrected chi connectivity index (χ0v) is 16.2. The minimum atomic E-state index is -0.0871. The summed E-state index contributed by atoms with van der Waals surface area (Å²) in [5.41, 5.74) is 3.58. The van der Waals surface area contributed by atoms with Crippen LogP contribution in [0.15, 0.2) is 52.6 Å². The second-order valence-corrected chi connectivity index (χ2v) is 7.56. The normalized spacial score (nSPS) is 12.7. The molecule has 27 heavy (non-hydrogen) atoms. The lowest BCUT2D eigenvalue weighted by Crippen LogP contribution is -2.19. The molecule has 5 heteroatoms. The number of pyridine rings is 1. The van der Waals surface area contributed by atoms with E-state index in [1.807, 2.05) is 23.6 Å². The largest absolute Gasteiger partial charge is 0.507 e. The van der Waals surface area contributed by atoms with Crippen LogP contribution in [0.5, 0.6) is 5.75 Å². The highest BCUT2D eigenvalue weighted by Gasteiger charge is 2.16. The highest BCUT2D eigenvalue weighted by Crippen LogP contribution is 2.39. The van der Waals surface area contributed by atoms with Crippen LogP contribution in [-0.2, 0) is 0 Å². The quantitative estimate of drug-likeness (QED) is 0.448. The van der Waals surface area contributed by atoms with Crippen molar-refractivity contribution in [3.05, 3.63) is 63.8 Å². The van der Waals surface area contributed by atoms with Gasteiger partial charge in [0.2, 0.25) is 0 Å². The molecule has 2 heterocycles. The second-order valence-electron chi connectivity index (χ2n) is 6.64. The number of aromatic nitrogens is 1. The van der Waals surface area contributed by atoms with E-state index in [2.05, 4.69) is 36.3 Å². The van der Waals surface area contributed by atoms with Gasteiger partial charge in [-0.25, -0.2) is 0 Å². The van der Waals surface area contributed by atoms with Gasteiger partial charge in [-0.3, -0.25) is 4.79 Å². The Labute approximate surface area is 161 Å². The van der Waals surface area contributed by atoms with Crippen molar-refractivity contribution in [2.75, 3.05) is 6.54 Å². The third kappa shape index (κ3) is 3.03. The van der Waals surface area contributed by atoms with Gasteiger partial charge in [-0.2, -0.15) is 0 Å². The van der Waals surface area contributed by atoms with Crippen LogP contribution in [0.2, 0.25) is 0 Å². The van der Waals surface area contributed by atoms with E-state index >= 15 is 0 Å². The Morgan fingerprint density at radius 3 is 2.59 bits per heavy atom. The lowest BCUT2D eigenvalue weighted by atomic mass is 9.95.